The van der Waals surface area contributed by atoms with Crippen LogP contribution < -0.4 is 14.8 Å². The highest BCUT2D eigenvalue weighted by Crippen LogP contribution is 2.28. The first kappa shape index (κ1) is 28.1. The first-order valence-corrected chi connectivity index (χ1v) is 13.5. The molecule has 0 unspecified atom stereocenters. The molecule has 0 bridgehead atoms. The first-order chi connectivity index (χ1) is 18.0. The van der Waals surface area contributed by atoms with Crippen molar-refractivity contribution in [2.24, 2.45) is 0 Å². The van der Waals surface area contributed by atoms with Crippen molar-refractivity contribution < 1.29 is 19.1 Å². The van der Waals surface area contributed by atoms with Crippen molar-refractivity contribution in [1.29, 1.82) is 0 Å². The van der Waals surface area contributed by atoms with Gasteiger partial charge in [-0.3, -0.25) is 4.79 Å². The van der Waals surface area contributed by atoms with Crippen molar-refractivity contribution in [3.63, 3.8) is 0 Å². The van der Waals surface area contributed by atoms with Gasteiger partial charge in [0.1, 0.15) is 6.54 Å². The molecule has 0 atom stereocenters. The molecule has 0 aliphatic carbocycles. The molecule has 0 saturated heterocycles. The number of hydrogen-bond acceptors (Lipinski definition) is 5. The summed E-state index contributed by atoms with van der Waals surface area (Å²) >= 11 is 1.62. The minimum absolute atomic E-state index is 0.0183. The van der Waals surface area contributed by atoms with Crippen LogP contribution in [-0.4, -0.2) is 55.6 Å². The highest BCUT2D eigenvalue weighted by Gasteiger charge is 2.22. The van der Waals surface area contributed by atoms with E-state index in [-0.39, 0.29) is 18.5 Å². The Labute approximate surface area is 224 Å². The molecule has 0 aliphatic rings. The summed E-state index contributed by atoms with van der Waals surface area (Å²) in [5.41, 5.74) is 2.93. The quantitative estimate of drug-likeness (QED) is 0.305. The summed E-state index contributed by atoms with van der Waals surface area (Å²) in [6.07, 6.45) is 2.30. The van der Waals surface area contributed by atoms with Gasteiger partial charge >= 0.3 is 6.03 Å². The average molecular weight is 524 g/mol. The third-order valence-electron chi connectivity index (χ3n) is 6.09. The van der Waals surface area contributed by atoms with Crippen LogP contribution in [0.15, 0.2) is 60.0 Å². The second kappa shape index (κ2) is 14.3. The molecule has 8 heteroatoms. The molecule has 3 aromatic rings. The zero-order valence-corrected chi connectivity index (χ0v) is 23.0. The normalized spacial score (nSPS) is 10.6. The molecule has 3 rings (SSSR count). The Balaban J connectivity index is 1.72. The van der Waals surface area contributed by atoms with Gasteiger partial charge in [-0.25, -0.2) is 4.79 Å². The van der Waals surface area contributed by atoms with E-state index in [4.69, 9.17) is 9.47 Å². The van der Waals surface area contributed by atoms with Crippen molar-refractivity contribution in [3.8, 4) is 11.5 Å². The van der Waals surface area contributed by atoms with Gasteiger partial charge in [-0.2, -0.15) is 0 Å². The van der Waals surface area contributed by atoms with Crippen LogP contribution in [-0.2, 0) is 24.2 Å². The first-order valence-electron chi connectivity index (χ1n) is 12.6. The lowest BCUT2D eigenvalue weighted by molar-refractivity contribution is -0.132. The molecule has 0 aliphatic heterocycles. The number of methoxy groups -OCH3 is 2. The van der Waals surface area contributed by atoms with Gasteiger partial charge in [0, 0.05) is 23.7 Å². The Hall–Kier alpha value is -3.52. The number of carbonyl (C=O) groups is 2. The second-order valence-electron chi connectivity index (χ2n) is 8.74. The number of hydrogen-bond donors (Lipinski definition) is 1. The number of nitrogens with zero attached hydrogens (tertiary/aromatic N) is 2. The maximum Gasteiger partial charge on any atom is 0.322 e. The van der Waals surface area contributed by atoms with E-state index >= 15 is 0 Å². The van der Waals surface area contributed by atoms with Crippen LogP contribution in [0.1, 0.15) is 36.3 Å². The Morgan fingerprint density at radius 2 is 1.70 bits per heavy atom. The summed E-state index contributed by atoms with van der Waals surface area (Å²) in [5.74, 6) is 1.25. The van der Waals surface area contributed by atoms with Crippen molar-refractivity contribution in [2.75, 3.05) is 39.2 Å². The van der Waals surface area contributed by atoms with Gasteiger partial charge in [-0.05, 0) is 66.1 Å². The van der Waals surface area contributed by atoms with E-state index in [0.717, 1.165) is 34.5 Å². The number of thiophene rings is 1. The minimum Gasteiger partial charge on any atom is -0.493 e. The lowest BCUT2D eigenvalue weighted by atomic mass is 10.1. The summed E-state index contributed by atoms with van der Waals surface area (Å²) in [6.45, 7) is 5.62. The van der Waals surface area contributed by atoms with E-state index in [1.165, 1.54) is 0 Å². The van der Waals surface area contributed by atoms with Crippen molar-refractivity contribution >= 4 is 29.0 Å². The second-order valence-corrected chi connectivity index (χ2v) is 9.77. The topological polar surface area (TPSA) is 71.1 Å². The van der Waals surface area contributed by atoms with Crippen LogP contribution in [0, 0.1) is 0 Å². The monoisotopic (exact) mass is 523 g/mol. The Kier molecular flexibility index (Phi) is 10.8. The Bertz CT molecular complexity index is 1150. The largest absolute Gasteiger partial charge is 0.493 e. The fraction of sp³-hybridized carbons (Fsp3) is 0.379. The Morgan fingerprint density at radius 1 is 0.892 bits per heavy atom. The summed E-state index contributed by atoms with van der Waals surface area (Å²) in [7, 11) is 3.22. The SMILES string of the molecule is CCCN(CC(=O)N(CCc1ccc(OC)c(OC)c1)Cc1cccs1)C(=O)Nc1cccc(CC)c1. The minimum atomic E-state index is -0.264. The van der Waals surface area contributed by atoms with E-state index in [1.807, 2.05) is 71.8 Å². The fourth-order valence-corrected chi connectivity index (χ4v) is 4.76. The average Bonchev–Trinajstić information content (AvgIpc) is 3.43. The van der Waals surface area contributed by atoms with Crippen molar-refractivity contribution in [3.05, 3.63) is 76.0 Å². The third-order valence-corrected chi connectivity index (χ3v) is 6.95. The lowest BCUT2D eigenvalue weighted by Crippen LogP contribution is -2.45. The van der Waals surface area contributed by atoms with E-state index in [2.05, 4.69) is 12.2 Å². The van der Waals surface area contributed by atoms with E-state index < -0.39 is 0 Å². The number of amides is 3. The number of rotatable bonds is 13. The number of anilines is 1. The van der Waals surface area contributed by atoms with Gasteiger partial charge in [0.05, 0.1) is 20.8 Å². The maximum absolute atomic E-state index is 13.5. The molecule has 1 heterocycles. The molecule has 37 heavy (non-hydrogen) atoms. The van der Waals surface area contributed by atoms with Crippen LogP contribution in [0.25, 0.3) is 0 Å². The zero-order chi connectivity index (χ0) is 26.6. The number of benzene rings is 2. The molecule has 1 N–H and O–H groups in total. The summed E-state index contributed by atoms with van der Waals surface area (Å²) in [5, 5.41) is 4.97. The van der Waals surface area contributed by atoms with Crippen molar-refractivity contribution in [2.45, 2.75) is 39.7 Å². The van der Waals surface area contributed by atoms with E-state index in [9.17, 15) is 9.59 Å². The fourth-order valence-electron chi connectivity index (χ4n) is 4.04. The van der Waals surface area contributed by atoms with E-state index in [0.29, 0.717) is 37.6 Å². The standard InChI is InChI=1S/C29H37N3O4S/c1-5-15-32(29(34)30-24-10-7-9-22(6-2)18-24)21-28(33)31(20-25-11-8-17-37-25)16-14-23-12-13-26(35-3)27(19-23)36-4/h7-13,17-19H,5-6,14-16,20-21H2,1-4H3,(H,30,34). The number of nitrogens with one attached hydrogen (secondary N) is 1. The Morgan fingerprint density at radius 3 is 2.38 bits per heavy atom. The molecule has 0 radical (unpaired) electrons. The van der Waals surface area contributed by atoms with Crippen LogP contribution in [0.3, 0.4) is 0 Å². The molecule has 0 fully saturated rings. The van der Waals surface area contributed by atoms with Gasteiger partial charge in [-0.15, -0.1) is 11.3 Å². The molecular formula is C29H37N3O4S. The summed E-state index contributed by atoms with van der Waals surface area (Å²) in [6, 6.07) is 17.3. The predicted molar refractivity (Wildman–Crippen MR) is 150 cm³/mol. The van der Waals surface area contributed by atoms with Gasteiger partial charge in [0.2, 0.25) is 5.91 Å². The predicted octanol–water partition coefficient (Wildman–Crippen LogP) is 5.84. The molecular weight excluding hydrogens is 486 g/mol. The lowest BCUT2D eigenvalue weighted by Gasteiger charge is -2.27. The smallest absolute Gasteiger partial charge is 0.322 e. The molecule has 1 aromatic heterocycles. The maximum atomic E-state index is 13.5. The van der Waals surface area contributed by atoms with Gasteiger partial charge in [0.15, 0.2) is 11.5 Å². The summed E-state index contributed by atoms with van der Waals surface area (Å²) < 4.78 is 10.8. The number of aryl methyl sites for hydroxylation is 1. The molecule has 0 spiro atoms. The number of carbonyl (C=O) groups excluding carboxylic acids is 2. The number of urea groups is 1. The third kappa shape index (κ3) is 8.25. The molecule has 3 amide bonds. The molecule has 198 valence electrons. The van der Waals surface area contributed by atoms with Gasteiger partial charge in [0.25, 0.3) is 0 Å². The number of ether oxygens (including phenoxy) is 2. The van der Waals surface area contributed by atoms with Gasteiger partial charge in [-0.1, -0.05) is 38.1 Å². The van der Waals surface area contributed by atoms with Crippen LogP contribution >= 0.6 is 11.3 Å². The highest BCUT2D eigenvalue weighted by molar-refractivity contribution is 7.09. The van der Waals surface area contributed by atoms with Gasteiger partial charge < -0.3 is 24.6 Å². The van der Waals surface area contributed by atoms with E-state index in [1.54, 1.807) is 30.5 Å². The zero-order valence-electron chi connectivity index (χ0n) is 22.2. The summed E-state index contributed by atoms with van der Waals surface area (Å²) in [4.78, 5) is 31.2. The molecule has 2 aromatic carbocycles. The van der Waals surface area contributed by atoms with Crippen LogP contribution in [0.2, 0.25) is 0 Å². The molecule has 0 saturated carbocycles. The molecule has 7 nitrogen and oxygen atoms in total. The van der Waals surface area contributed by atoms with Crippen LogP contribution in [0.5, 0.6) is 11.5 Å². The highest BCUT2D eigenvalue weighted by atomic mass is 32.1. The van der Waals surface area contributed by atoms with Crippen LogP contribution in [0.4, 0.5) is 10.5 Å². The van der Waals surface area contributed by atoms with Crippen molar-refractivity contribution in [1.82, 2.24) is 9.80 Å².